The normalized spacial score (nSPS) is 11.2. The summed E-state index contributed by atoms with van der Waals surface area (Å²) in [7, 11) is -3.15. The van der Waals surface area contributed by atoms with E-state index < -0.39 is 9.84 Å². The van der Waals surface area contributed by atoms with Crippen LogP contribution in [0, 0.1) is 0 Å². The van der Waals surface area contributed by atoms with Crippen molar-refractivity contribution in [2.75, 3.05) is 26.0 Å². The van der Waals surface area contributed by atoms with Crippen LogP contribution in [0.25, 0.3) is 0 Å². The van der Waals surface area contributed by atoms with Crippen molar-refractivity contribution in [2.24, 2.45) is 0 Å². The maximum atomic E-state index is 11.3. The van der Waals surface area contributed by atoms with Gasteiger partial charge in [0, 0.05) is 12.8 Å². The standard InChI is InChI=1S/C13H19NO3S/c1-4-14-9-11(2)10-17-12-5-7-13(8-6-12)18(3,15)16/h5-8,14H,2,4,9-10H2,1,3H3. The second-order valence-electron chi connectivity index (χ2n) is 4.06. The highest BCUT2D eigenvalue weighted by Crippen LogP contribution is 2.16. The van der Waals surface area contributed by atoms with Crippen LogP contribution in [0.4, 0.5) is 0 Å². The van der Waals surface area contributed by atoms with Gasteiger partial charge in [-0.15, -0.1) is 0 Å². The summed E-state index contributed by atoms with van der Waals surface area (Å²) in [4.78, 5) is 0.293. The molecular formula is C13H19NO3S. The van der Waals surface area contributed by atoms with Crippen molar-refractivity contribution in [1.82, 2.24) is 5.32 Å². The molecule has 1 aromatic carbocycles. The number of rotatable bonds is 7. The largest absolute Gasteiger partial charge is 0.489 e. The smallest absolute Gasteiger partial charge is 0.175 e. The molecule has 1 rings (SSSR count). The van der Waals surface area contributed by atoms with E-state index in [0.29, 0.717) is 17.3 Å². The first-order chi connectivity index (χ1) is 8.43. The lowest BCUT2D eigenvalue weighted by Crippen LogP contribution is -2.18. The van der Waals surface area contributed by atoms with E-state index in [1.54, 1.807) is 12.1 Å². The second-order valence-corrected chi connectivity index (χ2v) is 6.08. The first-order valence-electron chi connectivity index (χ1n) is 5.73. The van der Waals surface area contributed by atoms with Gasteiger partial charge in [-0.2, -0.15) is 0 Å². The molecule has 0 bridgehead atoms. The monoisotopic (exact) mass is 269 g/mol. The van der Waals surface area contributed by atoms with Gasteiger partial charge in [-0.1, -0.05) is 13.5 Å². The number of likely N-dealkylation sites (N-methyl/N-ethyl adjacent to an activating group) is 1. The van der Waals surface area contributed by atoms with E-state index in [2.05, 4.69) is 11.9 Å². The molecule has 0 heterocycles. The molecule has 100 valence electrons. The molecule has 18 heavy (non-hydrogen) atoms. The predicted molar refractivity (Wildman–Crippen MR) is 72.7 cm³/mol. The van der Waals surface area contributed by atoms with Gasteiger partial charge >= 0.3 is 0 Å². The Hall–Kier alpha value is -1.33. The molecule has 0 aliphatic rings. The maximum Gasteiger partial charge on any atom is 0.175 e. The van der Waals surface area contributed by atoms with Gasteiger partial charge in [0.25, 0.3) is 0 Å². The first kappa shape index (κ1) is 14.7. The molecule has 0 aliphatic heterocycles. The summed E-state index contributed by atoms with van der Waals surface area (Å²) in [6, 6.07) is 6.38. The third-order valence-electron chi connectivity index (χ3n) is 2.32. The molecular weight excluding hydrogens is 250 g/mol. The molecule has 0 saturated heterocycles. The molecule has 1 aromatic rings. The van der Waals surface area contributed by atoms with Gasteiger partial charge in [-0.05, 0) is 36.4 Å². The molecule has 4 nitrogen and oxygen atoms in total. The second kappa shape index (κ2) is 6.56. The zero-order valence-electron chi connectivity index (χ0n) is 10.8. The Balaban J connectivity index is 2.52. The summed E-state index contributed by atoms with van der Waals surface area (Å²) >= 11 is 0. The topological polar surface area (TPSA) is 55.4 Å². The predicted octanol–water partition coefficient (Wildman–Crippen LogP) is 1.63. The van der Waals surface area contributed by atoms with Crippen LogP contribution >= 0.6 is 0 Å². The van der Waals surface area contributed by atoms with Crippen LogP contribution in [0.1, 0.15) is 6.92 Å². The van der Waals surface area contributed by atoms with Crippen LogP contribution in [-0.4, -0.2) is 34.4 Å². The van der Waals surface area contributed by atoms with Gasteiger partial charge in [0.15, 0.2) is 9.84 Å². The summed E-state index contributed by atoms with van der Waals surface area (Å²) in [5.41, 5.74) is 0.948. The number of hydrogen-bond donors (Lipinski definition) is 1. The SMILES string of the molecule is C=C(CNCC)COc1ccc(S(C)(=O)=O)cc1. The molecule has 5 heteroatoms. The lowest BCUT2D eigenvalue weighted by atomic mass is 10.3. The van der Waals surface area contributed by atoms with Crippen LogP contribution in [0.5, 0.6) is 5.75 Å². The zero-order chi connectivity index (χ0) is 13.6. The zero-order valence-corrected chi connectivity index (χ0v) is 11.6. The summed E-state index contributed by atoms with van der Waals surface area (Å²) < 4.78 is 28.0. The molecule has 1 N–H and O–H groups in total. The van der Waals surface area contributed by atoms with Gasteiger partial charge in [-0.3, -0.25) is 0 Å². The van der Waals surface area contributed by atoms with Gasteiger partial charge in [0.1, 0.15) is 12.4 Å². The number of sulfone groups is 1. The Morgan fingerprint density at radius 2 is 1.94 bits per heavy atom. The highest BCUT2D eigenvalue weighted by atomic mass is 32.2. The number of nitrogens with one attached hydrogen (secondary N) is 1. The van der Waals surface area contributed by atoms with Crippen LogP contribution in [-0.2, 0) is 9.84 Å². The Kier molecular flexibility index (Phi) is 5.37. The quantitative estimate of drug-likeness (QED) is 0.765. The van der Waals surface area contributed by atoms with Gasteiger partial charge in [0.2, 0.25) is 0 Å². The van der Waals surface area contributed by atoms with E-state index in [9.17, 15) is 8.42 Å². The van der Waals surface area contributed by atoms with Gasteiger partial charge < -0.3 is 10.1 Å². The van der Waals surface area contributed by atoms with E-state index in [-0.39, 0.29) is 0 Å². The Morgan fingerprint density at radius 3 is 2.44 bits per heavy atom. The molecule has 0 aromatic heterocycles. The molecule has 0 fully saturated rings. The molecule has 0 atom stereocenters. The van der Waals surface area contributed by atoms with Crippen molar-refractivity contribution in [2.45, 2.75) is 11.8 Å². The van der Waals surface area contributed by atoms with Crippen molar-refractivity contribution < 1.29 is 13.2 Å². The Labute approximate surface area is 109 Å². The summed E-state index contributed by atoms with van der Waals surface area (Å²) in [6.45, 7) is 7.94. The molecule has 0 aliphatic carbocycles. The lowest BCUT2D eigenvalue weighted by Gasteiger charge is -2.09. The fourth-order valence-corrected chi connectivity index (χ4v) is 1.95. The van der Waals surface area contributed by atoms with Crippen molar-refractivity contribution in [3.05, 3.63) is 36.4 Å². The van der Waals surface area contributed by atoms with E-state index in [4.69, 9.17) is 4.74 Å². The van der Waals surface area contributed by atoms with E-state index in [0.717, 1.165) is 18.7 Å². The van der Waals surface area contributed by atoms with Crippen molar-refractivity contribution in [3.63, 3.8) is 0 Å². The number of benzene rings is 1. The Bertz CT molecular complexity index is 491. The van der Waals surface area contributed by atoms with E-state index in [1.807, 2.05) is 6.92 Å². The molecule has 0 unspecified atom stereocenters. The van der Waals surface area contributed by atoms with Crippen LogP contribution in [0.15, 0.2) is 41.3 Å². The third-order valence-corrected chi connectivity index (χ3v) is 3.45. The maximum absolute atomic E-state index is 11.3. The molecule has 0 spiro atoms. The summed E-state index contributed by atoms with van der Waals surface area (Å²) in [5.74, 6) is 0.639. The highest BCUT2D eigenvalue weighted by Gasteiger charge is 2.06. The van der Waals surface area contributed by atoms with Crippen molar-refractivity contribution in [3.8, 4) is 5.75 Å². The summed E-state index contributed by atoms with van der Waals surface area (Å²) in [5, 5.41) is 3.15. The first-order valence-corrected chi connectivity index (χ1v) is 7.63. The average Bonchev–Trinajstić information content (AvgIpc) is 2.33. The minimum atomic E-state index is -3.15. The number of ether oxygens (including phenoxy) is 1. The van der Waals surface area contributed by atoms with Crippen molar-refractivity contribution in [1.29, 1.82) is 0 Å². The molecule has 0 amide bonds. The highest BCUT2D eigenvalue weighted by molar-refractivity contribution is 7.90. The Morgan fingerprint density at radius 1 is 1.33 bits per heavy atom. The lowest BCUT2D eigenvalue weighted by molar-refractivity contribution is 0.348. The number of hydrogen-bond acceptors (Lipinski definition) is 4. The molecule has 0 radical (unpaired) electrons. The minimum absolute atomic E-state index is 0.293. The minimum Gasteiger partial charge on any atom is -0.489 e. The summed E-state index contributed by atoms with van der Waals surface area (Å²) in [6.07, 6.45) is 1.18. The van der Waals surface area contributed by atoms with Gasteiger partial charge in [0.05, 0.1) is 4.90 Å². The van der Waals surface area contributed by atoms with E-state index in [1.165, 1.54) is 18.4 Å². The fraction of sp³-hybridized carbons (Fsp3) is 0.385. The van der Waals surface area contributed by atoms with Gasteiger partial charge in [-0.25, -0.2) is 8.42 Å². The molecule has 0 saturated carbocycles. The van der Waals surface area contributed by atoms with Crippen LogP contribution in [0.2, 0.25) is 0 Å². The fourth-order valence-electron chi connectivity index (χ4n) is 1.32. The average molecular weight is 269 g/mol. The van der Waals surface area contributed by atoms with Crippen molar-refractivity contribution >= 4 is 9.84 Å². The van der Waals surface area contributed by atoms with E-state index >= 15 is 0 Å². The third kappa shape index (κ3) is 4.89. The van der Waals surface area contributed by atoms with Crippen LogP contribution < -0.4 is 10.1 Å². The van der Waals surface area contributed by atoms with Crippen LogP contribution in [0.3, 0.4) is 0 Å².